The molecular weight excluding hydrogens is 696 g/mol. The molecule has 0 unspecified atom stereocenters. The molecule has 3 fully saturated rings. The first-order valence-electron chi connectivity index (χ1n) is 19.9. The second kappa shape index (κ2) is 16.4. The number of halogens is 1. The van der Waals surface area contributed by atoms with Gasteiger partial charge in [0.05, 0.1) is 18.7 Å². The number of benzene rings is 1. The van der Waals surface area contributed by atoms with Crippen LogP contribution in [0.2, 0.25) is 18.1 Å². The lowest BCUT2D eigenvalue weighted by Gasteiger charge is -2.50. The molecule has 288 valence electrons. The number of alkyl halides is 1. The fourth-order valence-electron chi connectivity index (χ4n) is 8.57. The smallest absolute Gasteiger partial charge is 0.315 e. The molecule has 51 heavy (non-hydrogen) atoms. The van der Waals surface area contributed by atoms with Crippen molar-refractivity contribution >= 4 is 43.7 Å². The summed E-state index contributed by atoms with van der Waals surface area (Å²) >= 11 is 7.88. The van der Waals surface area contributed by atoms with Crippen LogP contribution in [0.5, 0.6) is 11.5 Å². The van der Waals surface area contributed by atoms with Gasteiger partial charge in [0.25, 0.3) is 0 Å². The number of rotatable bonds is 16. The largest absolute Gasteiger partial charge is 0.543 e. The SMILES string of the molecule is CC(C)(CCCCCCCl)c1cc2c(c(O[Si](C)(C)C(C)(C)C)c1)[C@@H]1C[C@H](COC(=O)CCCC[C@@H]3SC[C@@H]4NC(=O)N[C@@H]43)CC[C@H]1C(C)(C)O2. The van der Waals surface area contributed by atoms with Crippen LogP contribution in [0.25, 0.3) is 0 Å². The Bertz CT molecular complexity index is 1380. The highest BCUT2D eigenvalue weighted by Crippen LogP contribution is 2.57. The Balaban J connectivity index is 1.27. The Morgan fingerprint density at radius 2 is 1.78 bits per heavy atom. The number of nitrogens with one attached hydrogen (secondary N) is 2. The van der Waals surface area contributed by atoms with Gasteiger partial charge in [-0.1, -0.05) is 60.3 Å². The molecule has 1 aromatic rings. The summed E-state index contributed by atoms with van der Waals surface area (Å²) in [5.41, 5.74) is 2.21. The summed E-state index contributed by atoms with van der Waals surface area (Å²) in [4.78, 5) is 24.6. The van der Waals surface area contributed by atoms with Gasteiger partial charge in [-0.3, -0.25) is 4.79 Å². The Morgan fingerprint density at radius 1 is 1.04 bits per heavy atom. The van der Waals surface area contributed by atoms with Crippen molar-refractivity contribution in [3.63, 3.8) is 0 Å². The van der Waals surface area contributed by atoms with E-state index in [0.717, 1.165) is 74.5 Å². The maximum Gasteiger partial charge on any atom is 0.315 e. The Kier molecular flexibility index (Phi) is 13.1. The number of esters is 1. The molecule has 6 atom stereocenters. The molecule has 2 N–H and O–H groups in total. The van der Waals surface area contributed by atoms with Crippen LogP contribution in [0, 0.1) is 11.8 Å². The summed E-state index contributed by atoms with van der Waals surface area (Å²) in [5.74, 6) is 4.59. The van der Waals surface area contributed by atoms with Gasteiger partial charge in [0.2, 0.25) is 8.32 Å². The minimum Gasteiger partial charge on any atom is -0.543 e. The van der Waals surface area contributed by atoms with E-state index in [2.05, 4.69) is 84.3 Å². The fraction of sp³-hybridized carbons (Fsp3) is 0.805. The van der Waals surface area contributed by atoms with E-state index in [0.29, 0.717) is 30.1 Å². The lowest BCUT2D eigenvalue weighted by molar-refractivity contribution is -0.146. The predicted molar refractivity (Wildman–Crippen MR) is 214 cm³/mol. The van der Waals surface area contributed by atoms with E-state index in [-0.39, 0.29) is 46.1 Å². The lowest BCUT2D eigenvalue weighted by atomic mass is 9.63. The first-order chi connectivity index (χ1) is 23.9. The first kappa shape index (κ1) is 40.6. The highest BCUT2D eigenvalue weighted by atomic mass is 35.5. The third-order valence-electron chi connectivity index (χ3n) is 12.9. The molecule has 10 heteroatoms. The molecule has 1 aliphatic carbocycles. The Hall–Kier alpha value is -1.58. The van der Waals surface area contributed by atoms with E-state index in [1.54, 1.807) is 0 Å². The van der Waals surface area contributed by atoms with Crippen molar-refractivity contribution in [3.8, 4) is 11.5 Å². The van der Waals surface area contributed by atoms with Crippen LogP contribution in [-0.2, 0) is 14.9 Å². The molecule has 0 spiro atoms. The average Bonchev–Trinajstić information content (AvgIpc) is 3.59. The summed E-state index contributed by atoms with van der Waals surface area (Å²) in [6.07, 6.45) is 12.0. The molecular formula is C41H67ClN2O5SSi. The van der Waals surface area contributed by atoms with Gasteiger partial charge in [-0.05, 0) is 112 Å². The molecule has 5 rings (SSSR count). The van der Waals surface area contributed by atoms with E-state index in [4.69, 9.17) is 25.5 Å². The number of amides is 2. The van der Waals surface area contributed by atoms with E-state index < -0.39 is 8.32 Å². The number of carbonyl (C=O) groups excluding carboxylic acids is 2. The zero-order valence-corrected chi connectivity index (χ0v) is 35.6. The normalized spacial score (nSPS) is 27.1. The Labute approximate surface area is 319 Å². The highest BCUT2D eigenvalue weighted by Gasteiger charge is 2.50. The predicted octanol–water partition coefficient (Wildman–Crippen LogP) is 10.5. The molecule has 3 heterocycles. The standard InChI is InChI=1S/C41H67ClN2O5SSi/c1-39(2,3)51(8,9)49-33-24-28(40(4,5)20-14-10-11-15-21-42)23-32-36(33)29-22-27(18-19-30(29)41(6,7)48-32)25-47-35(45)17-13-12-16-34-37-31(26-50-34)43-38(46)44-37/h23-24,27,29-31,34,37H,10-22,25-26H2,1-9H3,(H2,43,44,46)/t27-,29-,30-,31+,34+,37+/m1/s1. The summed E-state index contributed by atoms with van der Waals surface area (Å²) in [5, 5.41) is 6.56. The van der Waals surface area contributed by atoms with Gasteiger partial charge in [-0.25, -0.2) is 4.79 Å². The maximum absolute atomic E-state index is 12.9. The third kappa shape index (κ3) is 9.75. The highest BCUT2D eigenvalue weighted by molar-refractivity contribution is 8.00. The van der Waals surface area contributed by atoms with Crippen molar-refractivity contribution in [3.05, 3.63) is 23.3 Å². The summed E-state index contributed by atoms with van der Waals surface area (Å²) in [6, 6.07) is 5.10. The van der Waals surface area contributed by atoms with Crippen molar-refractivity contribution in [2.45, 2.75) is 178 Å². The third-order valence-corrected chi connectivity index (χ3v) is 19.0. The van der Waals surface area contributed by atoms with Gasteiger partial charge < -0.3 is 24.5 Å². The van der Waals surface area contributed by atoms with Gasteiger partial charge in [0.15, 0.2) is 0 Å². The van der Waals surface area contributed by atoms with Crippen molar-refractivity contribution in [1.82, 2.24) is 10.6 Å². The maximum atomic E-state index is 12.9. The minimum absolute atomic E-state index is 0.0167. The van der Waals surface area contributed by atoms with Crippen LogP contribution >= 0.6 is 23.4 Å². The monoisotopic (exact) mass is 762 g/mol. The molecule has 0 radical (unpaired) electrons. The number of hydrogen-bond acceptors (Lipinski definition) is 6. The number of carbonyl (C=O) groups is 2. The molecule has 2 amide bonds. The van der Waals surface area contributed by atoms with E-state index in [1.165, 1.54) is 30.4 Å². The average molecular weight is 764 g/mol. The van der Waals surface area contributed by atoms with Gasteiger partial charge in [0, 0.05) is 34.8 Å². The molecule has 2 saturated heterocycles. The molecule has 0 bridgehead atoms. The molecule has 7 nitrogen and oxygen atoms in total. The second-order valence-corrected chi connectivity index (χ2v) is 25.0. The quantitative estimate of drug-likeness (QED) is 0.0573. The van der Waals surface area contributed by atoms with E-state index in [1.807, 2.05) is 11.8 Å². The lowest BCUT2D eigenvalue weighted by Crippen LogP contribution is -2.48. The number of fused-ring (bicyclic) bond motifs is 4. The Morgan fingerprint density at radius 3 is 2.51 bits per heavy atom. The van der Waals surface area contributed by atoms with Gasteiger partial charge >= 0.3 is 12.0 Å². The van der Waals surface area contributed by atoms with E-state index in [9.17, 15) is 9.59 Å². The van der Waals surface area contributed by atoms with Gasteiger partial charge in [-0.2, -0.15) is 11.8 Å². The van der Waals surface area contributed by atoms with Crippen LogP contribution in [-0.4, -0.2) is 61.5 Å². The van der Waals surface area contributed by atoms with Gasteiger partial charge in [-0.15, -0.1) is 11.6 Å². The van der Waals surface area contributed by atoms with Crippen LogP contribution in [0.1, 0.15) is 143 Å². The summed E-state index contributed by atoms with van der Waals surface area (Å²) < 4.78 is 20.2. The summed E-state index contributed by atoms with van der Waals surface area (Å²) in [6.45, 7) is 21.3. The number of thioether (sulfide) groups is 1. The molecule has 4 aliphatic rings. The molecule has 3 aliphatic heterocycles. The zero-order valence-electron chi connectivity index (χ0n) is 33.1. The topological polar surface area (TPSA) is 85.9 Å². The first-order valence-corrected chi connectivity index (χ1v) is 24.4. The molecule has 0 aromatic heterocycles. The second-order valence-electron chi connectivity index (χ2n) is 18.6. The number of urea groups is 1. The van der Waals surface area contributed by atoms with Crippen molar-refractivity contribution in [1.29, 1.82) is 0 Å². The van der Waals surface area contributed by atoms with Crippen LogP contribution in [0.3, 0.4) is 0 Å². The fourth-order valence-corrected chi connectivity index (χ4v) is 11.3. The summed E-state index contributed by atoms with van der Waals surface area (Å²) in [7, 11) is -2.16. The van der Waals surface area contributed by atoms with Crippen LogP contribution in [0.15, 0.2) is 12.1 Å². The van der Waals surface area contributed by atoms with Crippen molar-refractivity contribution in [2.75, 3.05) is 18.2 Å². The molecule has 1 saturated carbocycles. The zero-order chi connectivity index (χ0) is 37.2. The number of ether oxygens (including phenoxy) is 2. The van der Waals surface area contributed by atoms with Crippen molar-refractivity contribution in [2.24, 2.45) is 11.8 Å². The van der Waals surface area contributed by atoms with Gasteiger partial charge in [0.1, 0.15) is 17.1 Å². The minimum atomic E-state index is -2.16. The number of unbranched alkanes of at least 4 members (excludes halogenated alkanes) is 4. The van der Waals surface area contributed by atoms with E-state index >= 15 is 0 Å². The van der Waals surface area contributed by atoms with Crippen molar-refractivity contribution < 1.29 is 23.5 Å². The van der Waals surface area contributed by atoms with Crippen LogP contribution < -0.4 is 19.8 Å². The molecule has 1 aromatic carbocycles. The number of hydrogen-bond donors (Lipinski definition) is 2. The van der Waals surface area contributed by atoms with Crippen LogP contribution in [0.4, 0.5) is 4.79 Å².